The third-order valence-corrected chi connectivity index (χ3v) is 6.10. The van der Waals surface area contributed by atoms with Crippen molar-refractivity contribution < 1.29 is 9.47 Å². The van der Waals surface area contributed by atoms with Crippen LogP contribution in [0.1, 0.15) is 37.7 Å². The first-order chi connectivity index (χ1) is 14.3. The molecule has 0 amide bonds. The maximum absolute atomic E-state index is 6.14. The zero-order chi connectivity index (χ0) is 19.9. The highest BCUT2D eigenvalue weighted by Gasteiger charge is 2.23. The smallest absolute Gasteiger partial charge is 0.193 e. The number of fused-ring (bicyclic) bond motifs is 1. The van der Waals surface area contributed by atoms with Gasteiger partial charge in [-0.05, 0) is 50.2 Å². The first-order valence-electron chi connectivity index (χ1n) is 11.1. The standard InChI is InChI=1S/C23H34N4O2.HI/c1-24-23(25-12-9-18-16-26-22-8-3-2-7-21(18)22)27-13-10-19(11-14-27)29-17-20-6-4-5-15-28-20;/h2-3,7-8,16,19-20,26H,4-6,9-15,17H2,1H3,(H,24,25);1H. The topological polar surface area (TPSA) is 61.9 Å². The number of halogens is 1. The molecular formula is C23H35IN4O2. The van der Waals surface area contributed by atoms with Crippen LogP contribution >= 0.6 is 24.0 Å². The van der Waals surface area contributed by atoms with Crippen molar-refractivity contribution in [2.24, 2.45) is 4.99 Å². The Morgan fingerprint density at radius 2 is 2.07 bits per heavy atom. The van der Waals surface area contributed by atoms with Crippen LogP contribution in [0.25, 0.3) is 10.9 Å². The van der Waals surface area contributed by atoms with Gasteiger partial charge < -0.3 is 24.7 Å². The van der Waals surface area contributed by atoms with Crippen molar-refractivity contribution in [1.82, 2.24) is 15.2 Å². The Bertz CT molecular complexity index is 795. The van der Waals surface area contributed by atoms with Gasteiger partial charge >= 0.3 is 0 Å². The molecule has 2 N–H and O–H groups in total. The molecule has 0 aliphatic carbocycles. The van der Waals surface area contributed by atoms with E-state index in [4.69, 9.17) is 9.47 Å². The molecule has 30 heavy (non-hydrogen) atoms. The molecule has 2 saturated heterocycles. The zero-order valence-corrected chi connectivity index (χ0v) is 20.3. The van der Waals surface area contributed by atoms with Crippen molar-refractivity contribution in [3.63, 3.8) is 0 Å². The van der Waals surface area contributed by atoms with Gasteiger partial charge in [0.25, 0.3) is 0 Å². The van der Waals surface area contributed by atoms with Crippen molar-refractivity contribution in [3.05, 3.63) is 36.0 Å². The first-order valence-corrected chi connectivity index (χ1v) is 11.1. The molecule has 1 aromatic heterocycles. The Morgan fingerprint density at radius 3 is 2.83 bits per heavy atom. The van der Waals surface area contributed by atoms with Gasteiger partial charge in [-0.1, -0.05) is 18.2 Å². The Hall–Kier alpha value is -1.32. The fourth-order valence-electron chi connectivity index (χ4n) is 4.40. The minimum atomic E-state index is 0. The van der Waals surface area contributed by atoms with Gasteiger partial charge in [0.2, 0.25) is 0 Å². The molecular weight excluding hydrogens is 491 g/mol. The van der Waals surface area contributed by atoms with E-state index >= 15 is 0 Å². The number of rotatable bonds is 6. The molecule has 2 fully saturated rings. The molecule has 3 heterocycles. The molecule has 2 aliphatic rings. The monoisotopic (exact) mass is 526 g/mol. The van der Waals surface area contributed by atoms with Crippen LogP contribution in [0.15, 0.2) is 35.5 Å². The van der Waals surface area contributed by atoms with E-state index in [1.54, 1.807) is 0 Å². The van der Waals surface area contributed by atoms with E-state index in [9.17, 15) is 0 Å². The summed E-state index contributed by atoms with van der Waals surface area (Å²) in [7, 11) is 1.87. The fraction of sp³-hybridized carbons (Fsp3) is 0.609. The Kier molecular flexibility index (Phi) is 9.27. The average molecular weight is 526 g/mol. The van der Waals surface area contributed by atoms with Gasteiger partial charge in [-0.15, -0.1) is 24.0 Å². The molecule has 0 bridgehead atoms. The van der Waals surface area contributed by atoms with Gasteiger partial charge in [-0.3, -0.25) is 4.99 Å². The summed E-state index contributed by atoms with van der Waals surface area (Å²) >= 11 is 0. The lowest BCUT2D eigenvalue weighted by Gasteiger charge is -2.35. The largest absolute Gasteiger partial charge is 0.376 e. The van der Waals surface area contributed by atoms with Crippen molar-refractivity contribution in [3.8, 4) is 0 Å². The average Bonchev–Trinajstić information content (AvgIpc) is 3.20. The lowest BCUT2D eigenvalue weighted by atomic mass is 10.1. The minimum absolute atomic E-state index is 0. The second-order valence-electron chi connectivity index (χ2n) is 8.09. The number of aliphatic imine (C=N–C) groups is 1. The summed E-state index contributed by atoms with van der Waals surface area (Å²) in [6.07, 6.45) is 9.46. The number of aromatic amines is 1. The molecule has 2 aliphatic heterocycles. The number of hydrogen-bond acceptors (Lipinski definition) is 3. The molecule has 0 saturated carbocycles. The maximum Gasteiger partial charge on any atom is 0.193 e. The molecule has 1 atom stereocenters. The molecule has 4 rings (SSSR count). The second-order valence-corrected chi connectivity index (χ2v) is 8.09. The van der Waals surface area contributed by atoms with Crippen molar-refractivity contribution in [1.29, 1.82) is 0 Å². The number of para-hydroxylation sites is 1. The number of aromatic nitrogens is 1. The summed E-state index contributed by atoms with van der Waals surface area (Å²) in [5, 5.41) is 4.85. The first kappa shape index (κ1) is 23.3. The molecule has 6 nitrogen and oxygen atoms in total. The molecule has 0 radical (unpaired) electrons. The molecule has 2 aromatic rings. The number of nitrogens with one attached hydrogen (secondary N) is 2. The van der Waals surface area contributed by atoms with Gasteiger partial charge in [-0.25, -0.2) is 0 Å². The van der Waals surface area contributed by atoms with Gasteiger partial charge in [0.1, 0.15) is 0 Å². The molecule has 1 unspecified atom stereocenters. The minimum Gasteiger partial charge on any atom is -0.376 e. The summed E-state index contributed by atoms with van der Waals surface area (Å²) < 4.78 is 11.9. The Labute approximate surface area is 196 Å². The Morgan fingerprint density at radius 1 is 1.23 bits per heavy atom. The van der Waals surface area contributed by atoms with Gasteiger partial charge in [0.15, 0.2) is 5.96 Å². The molecule has 7 heteroatoms. The van der Waals surface area contributed by atoms with Gasteiger partial charge in [0.05, 0.1) is 18.8 Å². The van der Waals surface area contributed by atoms with Gasteiger partial charge in [-0.2, -0.15) is 0 Å². The number of benzene rings is 1. The summed E-state index contributed by atoms with van der Waals surface area (Å²) in [4.78, 5) is 10.2. The van der Waals surface area contributed by atoms with E-state index in [0.29, 0.717) is 12.2 Å². The van der Waals surface area contributed by atoms with Crippen LogP contribution in [0.4, 0.5) is 0 Å². The van der Waals surface area contributed by atoms with Crippen LogP contribution in [0.5, 0.6) is 0 Å². The third kappa shape index (κ3) is 6.11. The number of nitrogens with zero attached hydrogens (tertiary/aromatic N) is 2. The van der Waals surface area contributed by atoms with Crippen LogP contribution in [0.3, 0.4) is 0 Å². The van der Waals surface area contributed by atoms with Crippen molar-refractivity contribution in [2.45, 2.75) is 50.7 Å². The highest BCUT2D eigenvalue weighted by Crippen LogP contribution is 2.19. The van der Waals surface area contributed by atoms with E-state index in [-0.39, 0.29) is 24.0 Å². The predicted molar refractivity (Wildman–Crippen MR) is 133 cm³/mol. The highest BCUT2D eigenvalue weighted by atomic mass is 127. The van der Waals surface area contributed by atoms with Crippen LogP contribution in [-0.2, 0) is 15.9 Å². The number of guanidine groups is 1. The number of likely N-dealkylation sites (tertiary alicyclic amines) is 1. The van der Waals surface area contributed by atoms with Crippen molar-refractivity contribution >= 4 is 40.8 Å². The van der Waals surface area contributed by atoms with E-state index < -0.39 is 0 Å². The number of ether oxygens (including phenoxy) is 2. The SMILES string of the molecule is CN=C(NCCc1c[nH]c2ccccc12)N1CCC(OCC2CCCCO2)CC1.I. The predicted octanol–water partition coefficient (Wildman–Crippen LogP) is 3.95. The van der Waals surface area contributed by atoms with Gasteiger partial charge in [0, 0.05) is 50.4 Å². The molecule has 0 spiro atoms. The second kappa shape index (κ2) is 11.9. The maximum atomic E-state index is 6.14. The number of H-pyrrole nitrogens is 1. The number of piperidine rings is 1. The van der Waals surface area contributed by atoms with Crippen LogP contribution in [-0.4, -0.2) is 67.9 Å². The normalized spacial score (nSPS) is 20.9. The quantitative estimate of drug-likeness (QED) is 0.340. The lowest BCUT2D eigenvalue weighted by molar-refractivity contribution is -0.0721. The molecule has 1 aromatic carbocycles. The zero-order valence-electron chi connectivity index (χ0n) is 17.9. The van der Waals surface area contributed by atoms with E-state index in [1.165, 1.54) is 29.3 Å². The van der Waals surface area contributed by atoms with Crippen LogP contribution in [0.2, 0.25) is 0 Å². The highest BCUT2D eigenvalue weighted by molar-refractivity contribution is 14.0. The lowest BCUT2D eigenvalue weighted by Crippen LogP contribution is -2.47. The summed E-state index contributed by atoms with van der Waals surface area (Å²) in [5.41, 5.74) is 2.55. The van der Waals surface area contributed by atoms with E-state index in [0.717, 1.165) is 64.5 Å². The summed E-state index contributed by atoms with van der Waals surface area (Å²) in [5.74, 6) is 0.999. The fourth-order valence-corrected chi connectivity index (χ4v) is 4.40. The third-order valence-electron chi connectivity index (χ3n) is 6.10. The van der Waals surface area contributed by atoms with Crippen LogP contribution < -0.4 is 5.32 Å². The number of hydrogen-bond donors (Lipinski definition) is 2. The van der Waals surface area contributed by atoms with E-state index in [2.05, 4.69) is 50.7 Å². The van der Waals surface area contributed by atoms with Crippen LogP contribution in [0, 0.1) is 0 Å². The van der Waals surface area contributed by atoms with Crippen molar-refractivity contribution in [2.75, 3.05) is 39.9 Å². The van der Waals surface area contributed by atoms with E-state index in [1.807, 2.05) is 7.05 Å². The summed E-state index contributed by atoms with van der Waals surface area (Å²) in [6, 6.07) is 8.47. The summed E-state index contributed by atoms with van der Waals surface area (Å²) in [6.45, 7) is 4.51. The molecule has 166 valence electrons. The Balaban J connectivity index is 0.00000256.